The van der Waals surface area contributed by atoms with Crippen molar-refractivity contribution in [3.63, 3.8) is 0 Å². The number of aryl methyl sites for hydroxylation is 1. The minimum absolute atomic E-state index is 0.0392. The highest BCUT2D eigenvalue weighted by atomic mass is 16.5. The zero-order chi connectivity index (χ0) is 16.9. The van der Waals surface area contributed by atoms with Gasteiger partial charge in [0.2, 0.25) is 5.91 Å². The SMILES string of the molecule is COCCNC(=O)[C@@H]1CCO[C@@H]2CCN(Cc3cnn(C)c3)C[C@@H]21. The van der Waals surface area contributed by atoms with Crippen LogP contribution >= 0.6 is 0 Å². The summed E-state index contributed by atoms with van der Waals surface area (Å²) in [6, 6.07) is 0. The summed E-state index contributed by atoms with van der Waals surface area (Å²) in [7, 11) is 3.58. The number of nitrogens with one attached hydrogen (secondary N) is 1. The number of piperidine rings is 1. The van der Waals surface area contributed by atoms with Crippen LogP contribution in [0, 0.1) is 11.8 Å². The standard InChI is InChI=1S/C17H28N4O3/c1-20-10-13(9-19-20)11-21-6-3-16-15(12-21)14(4-7-24-16)17(22)18-5-8-23-2/h9-10,14-16H,3-8,11-12H2,1-2H3,(H,18,22)/t14-,15-,16-/m1/s1. The number of fused-ring (bicyclic) bond motifs is 1. The fourth-order valence-corrected chi connectivity index (χ4v) is 3.87. The highest BCUT2D eigenvalue weighted by molar-refractivity contribution is 5.79. The van der Waals surface area contributed by atoms with Crippen LogP contribution in [-0.4, -0.2) is 66.6 Å². The van der Waals surface area contributed by atoms with Crippen LogP contribution in [0.1, 0.15) is 18.4 Å². The van der Waals surface area contributed by atoms with E-state index in [1.807, 2.05) is 17.9 Å². The molecule has 7 heteroatoms. The predicted octanol–water partition coefficient (Wildman–Crippen LogP) is 0.410. The Balaban J connectivity index is 1.59. The van der Waals surface area contributed by atoms with E-state index in [0.29, 0.717) is 19.8 Å². The molecule has 1 N–H and O–H groups in total. The van der Waals surface area contributed by atoms with Crippen molar-refractivity contribution < 1.29 is 14.3 Å². The lowest BCUT2D eigenvalue weighted by molar-refractivity contribution is -0.142. The molecule has 0 bridgehead atoms. The Kier molecular flexibility index (Phi) is 5.86. The Labute approximate surface area is 143 Å². The summed E-state index contributed by atoms with van der Waals surface area (Å²) in [4.78, 5) is 15.0. The maximum absolute atomic E-state index is 12.5. The summed E-state index contributed by atoms with van der Waals surface area (Å²) in [6.45, 7) is 4.61. The van der Waals surface area contributed by atoms with Gasteiger partial charge in [0.1, 0.15) is 0 Å². The molecule has 0 unspecified atom stereocenters. The molecular formula is C17H28N4O3. The van der Waals surface area contributed by atoms with Crippen molar-refractivity contribution in [3.8, 4) is 0 Å². The van der Waals surface area contributed by atoms with Gasteiger partial charge in [0.15, 0.2) is 0 Å². The molecule has 3 heterocycles. The molecule has 2 aliphatic heterocycles. The van der Waals surface area contributed by atoms with Crippen LogP contribution in [0.5, 0.6) is 0 Å². The Morgan fingerprint density at radius 1 is 1.50 bits per heavy atom. The Morgan fingerprint density at radius 3 is 3.12 bits per heavy atom. The number of rotatable bonds is 6. The van der Waals surface area contributed by atoms with Gasteiger partial charge in [-0.25, -0.2) is 0 Å². The summed E-state index contributed by atoms with van der Waals surface area (Å²) in [5.41, 5.74) is 1.22. The van der Waals surface area contributed by atoms with Gasteiger partial charge in [-0.15, -0.1) is 0 Å². The molecule has 0 saturated carbocycles. The number of methoxy groups -OCH3 is 1. The topological polar surface area (TPSA) is 68.6 Å². The monoisotopic (exact) mass is 336 g/mol. The molecule has 134 valence electrons. The molecule has 2 aliphatic rings. The Bertz CT molecular complexity index is 548. The van der Waals surface area contributed by atoms with E-state index in [1.165, 1.54) is 5.56 Å². The molecule has 3 rings (SSSR count). The fraction of sp³-hybridized carbons (Fsp3) is 0.765. The average Bonchev–Trinajstić information content (AvgIpc) is 2.99. The molecule has 2 fully saturated rings. The molecule has 1 amide bonds. The first-order chi connectivity index (χ1) is 11.7. The summed E-state index contributed by atoms with van der Waals surface area (Å²) in [5.74, 6) is 0.456. The molecule has 24 heavy (non-hydrogen) atoms. The maximum Gasteiger partial charge on any atom is 0.223 e. The number of ether oxygens (including phenoxy) is 2. The fourth-order valence-electron chi connectivity index (χ4n) is 3.87. The van der Waals surface area contributed by atoms with Gasteiger partial charge >= 0.3 is 0 Å². The molecule has 0 aliphatic carbocycles. The molecule has 3 atom stereocenters. The smallest absolute Gasteiger partial charge is 0.223 e. The predicted molar refractivity (Wildman–Crippen MR) is 89.3 cm³/mol. The van der Waals surface area contributed by atoms with Gasteiger partial charge in [-0.3, -0.25) is 14.4 Å². The molecule has 0 aromatic carbocycles. The Hall–Kier alpha value is -1.44. The van der Waals surface area contributed by atoms with Gasteiger partial charge in [0.05, 0.1) is 18.9 Å². The minimum atomic E-state index is 0.0392. The third-order valence-corrected chi connectivity index (χ3v) is 5.06. The molecule has 1 aromatic rings. The van der Waals surface area contributed by atoms with Crippen molar-refractivity contribution in [2.75, 3.05) is 40.0 Å². The van der Waals surface area contributed by atoms with Crippen molar-refractivity contribution in [1.82, 2.24) is 20.0 Å². The van der Waals surface area contributed by atoms with Crippen LogP contribution in [-0.2, 0) is 27.9 Å². The minimum Gasteiger partial charge on any atom is -0.383 e. The normalized spacial score (nSPS) is 27.7. The van der Waals surface area contributed by atoms with Gasteiger partial charge in [-0.2, -0.15) is 5.10 Å². The maximum atomic E-state index is 12.5. The van der Waals surface area contributed by atoms with Crippen LogP contribution in [0.4, 0.5) is 0 Å². The van der Waals surface area contributed by atoms with Gasteiger partial charge < -0.3 is 14.8 Å². The number of aromatic nitrogens is 2. The van der Waals surface area contributed by atoms with Crippen molar-refractivity contribution in [1.29, 1.82) is 0 Å². The summed E-state index contributed by atoms with van der Waals surface area (Å²) in [5, 5.41) is 7.24. The first kappa shape index (κ1) is 17.4. The van der Waals surface area contributed by atoms with Crippen LogP contribution < -0.4 is 5.32 Å². The number of hydrogen-bond donors (Lipinski definition) is 1. The van der Waals surface area contributed by atoms with E-state index < -0.39 is 0 Å². The number of carbonyl (C=O) groups excluding carboxylic acids is 1. The van der Waals surface area contributed by atoms with Crippen LogP contribution in [0.15, 0.2) is 12.4 Å². The lowest BCUT2D eigenvalue weighted by Crippen LogP contribution is -2.53. The quantitative estimate of drug-likeness (QED) is 0.762. The van der Waals surface area contributed by atoms with Crippen molar-refractivity contribution in [3.05, 3.63) is 18.0 Å². The van der Waals surface area contributed by atoms with Crippen molar-refractivity contribution >= 4 is 5.91 Å². The van der Waals surface area contributed by atoms with Gasteiger partial charge in [-0.1, -0.05) is 0 Å². The van der Waals surface area contributed by atoms with Crippen LogP contribution in [0.25, 0.3) is 0 Å². The first-order valence-corrected chi connectivity index (χ1v) is 8.75. The largest absolute Gasteiger partial charge is 0.383 e. The van der Waals surface area contributed by atoms with Gasteiger partial charge in [0.25, 0.3) is 0 Å². The first-order valence-electron chi connectivity index (χ1n) is 8.75. The van der Waals surface area contributed by atoms with Crippen molar-refractivity contribution in [2.45, 2.75) is 25.5 Å². The average molecular weight is 336 g/mol. The third-order valence-electron chi connectivity index (χ3n) is 5.06. The van der Waals surface area contributed by atoms with E-state index >= 15 is 0 Å². The molecule has 7 nitrogen and oxygen atoms in total. The lowest BCUT2D eigenvalue weighted by Gasteiger charge is -2.44. The summed E-state index contributed by atoms with van der Waals surface area (Å²) in [6.07, 6.45) is 5.98. The van der Waals surface area contributed by atoms with E-state index in [2.05, 4.69) is 21.5 Å². The molecule has 2 saturated heterocycles. The zero-order valence-electron chi connectivity index (χ0n) is 14.6. The number of nitrogens with zero attached hydrogens (tertiary/aromatic N) is 3. The van der Waals surface area contributed by atoms with Gasteiger partial charge in [-0.05, 0) is 12.8 Å². The van der Waals surface area contributed by atoms with Gasteiger partial charge in [0, 0.05) is 70.5 Å². The van der Waals surface area contributed by atoms with E-state index in [1.54, 1.807) is 7.11 Å². The number of carbonyl (C=O) groups is 1. The molecule has 0 radical (unpaired) electrons. The van der Waals surface area contributed by atoms with E-state index in [9.17, 15) is 4.79 Å². The second-order valence-electron chi connectivity index (χ2n) is 6.80. The lowest BCUT2D eigenvalue weighted by atomic mass is 9.79. The highest BCUT2D eigenvalue weighted by Gasteiger charge is 2.41. The number of amides is 1. The van der Waals surface area contributed by atoms with E-state index in [-0.39, 0.29) is 23.8 Å². The second kappa shape index (κ2) is 8.09. The van der Waals surface area contributed by atoms with Crippen LogP contribution in [0.3, 0.4) is 0 Å². The summed E-state index contributed by atoms with van der Waals surface area (Å²) < 4.78 is 12.8. The Morgan fingerprint density at radius 2 is 2.38 bits per heavy atom. The van der Waals surface area contributed by atoms with E-state index in [0.717, 1.165) is 32.5 Å². The summed E-state index contributed by atoms with van der Waals surface area (Å²) >= 11 is 0. The zero-order valence-corrected chi connectivity index (χ0v) is 14.6. The number of likely N-dealkylation sites (tertiary alicyclic amines) is 1. The van der Waals surface area contributed by atoms with E-state index in [4.69, 9.17) is 9.47 Å². The molecule has 1 aromatic heterocycles. The van der Waals surface area contributed by atoms with Crippen molar-refractivity contribution in [2.24, 2.45) is 18.9 Å². The molecule has 0 spiro atoms. The van der Waals surface area contributed by atoms with Crippen LogP contribution in [0.2, 0.25) is 0 Å². The number of hydrogen-bond acceptors (Lipinski definition) is 5. The second-order valence-corrected chi connectivity index (χ2v) is 6.80. The third kappa shape index (κ3) is 4.15. The highest BCUT2D eigenvalue weighted by Crippen LogP contribution is 2.33. The molecular weight excluding hydrogens is 308 g/mol.